The van der Waals surface area contributed by atoms with Gasteiger partial charge in [-0.15, -0.1) is 0 Å². The molecular weight excluding hydrogens is 231 g/mol. The van der Waals surface area contributed by atoms with E-state index in [0.717, 1.165) is 25.0 Å². The Balaban J connectivity index is 1.91. The average molecular weight is 243 g/mol. The van der Waals surface area contributed by atoms with Gasteiger partial charge in [0, 0.05) is 12.0 Å². The number of nitrogens with one attached hydrogen (secondary N) is 1. The summed E-state index contributed by atoms with van der Waals surface area (Å²) in [6, 6.07) is 3.58. The molecule has 2 nitrogen and oxygen atoms in total. The molecule has 17 heavy (non-hydrogen) atoms. The molecule has 2 aliphatic rings. The monoisotopic (exact) mass is 243 g/mol. The van der Waals surface area contributed by atoms with Crippen LogP contribution in [-0.2, 0) is 6.18 Å². The Labute approximate surface area is 96.8 Å². The first kappa shape index (κ1) is 10.7. The number of halogens is 3. The van der Waals surface area contributed by atoms with Crippen molar-refractivity contribution in [3.05, 3.63) is 23.8 Å². The maximum Gasteiger partial charge on any atom is 0.416 e. The summed E-state index contributed by atoms with van der Waals surface area (Å²) >= 11 is 0. The van der Waals surface area contributed by atoms with Crippen molar-refractivity contribution in [3.63, 3.8) is 0 Å². The van der Waals surface area contributed by atoms with Gasteiger partial charge in [0.05, 0.1) is 17.9 Å². The lowest BCUT2D eigenvalue weighted by atomic mass is 10.1. The molecule has 0 saturated heterocycles. The summed E-state index contributed by atoms with van der Waals surface area (Å²) in [5.74, 6) is 0.516. The van der Waals surface area contributed by atoms with E-state index < -0.39 is 11.7 Å². The van der Waals surface area contributed by atoms with E-state index in [1.165, 1.54) is 6.07 Å². The summed E-state index contributed by atoms with van der Waals surface area (Å²) in [5, 5.41) is 3.07. The van der Waals surface area contributed by atoms with Gasteiger partial charge in [0.15, 0.2) is 0 Å². The molecule has 0 radical (unpaired) electrons. The number of hydrogen-bond donors (Lipinski definition) is 1. The number of hydrogen-bond acceptors (Lipinski definition) is 2. The zero-order valence-electron chi connectivity index (χ0n) is 9.10. The number of alkyl halides is 3. The molecule has 1 aliphatic heterocycles. The summed E-state index contributed by atoms with van der Waals surface area (Å²) < 4.78 is 43.2. The summed E-state index contributed by atoms with van der Waals surface area (Å²) in [6.07, 6.45) is -2.14. The number of benzene rings is 1. The van der Waals surface area contributed by atoms with E-state index in [1.807, 2.05) is 0 Å². The second-order valence-corrected chi connectivity index (χ2v) is 4.85. The fraction of sp³-hybridized carbons (Fsp3) is 0.500. The van der Waals surface area contributed by atoms with Crippen LogP contribution in [0.4, 0.5) is 18.9 Å². The van der Waals surface area contributed by atoms with E-state index >= 15 is 0 Å². The van der Waals surface area contributed by atoms with Crippen LogP contribution in [0.2, 0.25) is 0 Å². The van der Waals surface area contributed by atoms with Gasteiger partial charge in [0.2, 0.25) is 0 Å². The summed E-state index contributed by atoms with van der Waals surface area (Å²) in [6.45, 7) is 1.29. The Morgan fingerprint density at radius 3 is 2.65 bits per heavy atom. The number of rotatable bonds is 0. The van der Waals surface area contributed by atoms with Crippen molar-refractivity contribution in [2.75, 3.05) is 18.5 Å². The Bertz CT molecular complexity index is 452. The second-order valence-electron chi connectivity index (χ2n) is 4.85. The zero-order valence-corrected chi connectivity index (χ0v) is 9.10. The van der Waals surface area contributed by atoms with Crippen LogP contribution in [0, 0.1) is 5.41 Å². The summed E-state index contributed by atoms with van der Waals surface area (Å²) in [4.78, 5) is 0. The normalized spacial score (nSPS) is 21.1. The molecular formula is C12H12F3NO. The highest BCUT2D eigenvalue weighted by molar-refractivity contribution is 5.59. The van der Waals surface area contributed by atoms with E-state index in [-0.39, 0.29) is 5.41 Å². The van der Waals surface area contributed by atoms with E-state index in [9.17, 15) is 13.2 Å². The predicted octanol–water partition coefficient (Wildman–Crippen LogP) is 3.29. The first-order chi connectivity index (χ1) is 7.99. The van der Waals surface area contributed by atoms with Crippen LogP contribution in [0.5, 0.6) is 5.75 Å². The Morgan fingerprint density at radius 1 is 1.24 bits per heavy atom. The molecule has 92 valence electrons. The largest absolute Gasteiger partial charge is 0.491 e. The van der Waals surface area contributed by atoms with Crippen LogP contribution in [-0.4, -0.2) is 13.2 Å². The Morgan fingerprint density at radius 2 is 2.00 bits per heavy atom. The maximum absolute atomic E-state index is 12.6. The molecule has 1 saturated carbocycles. The van der Waals surface area contributed by atoms with Crippen LogP contribution in [0.3, 0.4) is 0 Å². The van der Waals surface area contributed by atoms with Crippen LogP contribution in [0.1, 0.15) is 18.4 Å². The van der Waals surface area contributed by atoms with Gasteiger partial charge in [0.1, 0.15) is 5.75 Å². The maximum atomic E-state index is 12.6. The topological polar surface area (TPSA) is 21.3 Å². The average Bonchev–Trinajstić information content (AvgIpc) is 3.06. The smallest absolute Gasteiger partial charge is 0.416 e. The van der Waals surface area contributed by atoms with Crippen molar-refractivity contribution in [1.82, 2.24) is 0 Å². The minimum atomic E-state index is -4.31. The van der Waals surface area contributed by atoms with Gasteiger partial charge in [-0.05, 0) is 31.0 Å². The highest BCUT2D eigenvalue weighted by Crippen LogP contribution is 2.48. The third-order valence-electron chi connectivity index (χ3n) is 3.45. The summed E-state index contributed by atoms with van der Waals surface area (Å²) in [5.41, 5.74) is -0.0417. The molecule has 1 fully saturated rings. The van der Waals surface area contributed by atoms with Crippen LogP contribution in [0.25, 0.3) is 0 Å². The van der Waals surface area contributed by atoms with Crippen molar-refractivity contribution in [2.45, 2.75) is 19.0 Å². The fourth-order valence-electron chi connectivity index (χ4n) is 2.03. The lowest BCUT2D eigenvalue weighted by Crippen LogP contribution is -2.18. The zero-order chi connectivity index (χ0) is 12.1. The van der Waals surface area contributed by atoms with E-state index in [0.29, 0.717) is 24.6 Å². The minimum absolute atomic E-state index is 0.150. The van der Waals surface area contributed by atoms with Gasteiger partial charge in [-0.3, -0.25) is 0 Å². The molecule has 3 rings (SSSR count). The van der Waals surface area contributed by atoms with Crippen molar-refractivity contribution in [1.29, 1.82) is 0 Å². The number of fused-ring (bicyclic) bond motifs is 1. The van der Waals surface area contributed by atoms with Crippen molar-refractivity contribution < 1.29 is 17.9 Å². The van der Waals surface area contributed by atoms with Gasteiger partial charge in [-0.1, -0.05) is 0 Å². The quantitative estimate of drug-likeness (QED) is 0.755. The minimum Gasteiger partial charge on any atom is -0.491 e. The van der Waals surface area contributed by atoms with Gasteiger partial charge in [-0.2, -0.15) is 13.2 Å². The molecule has 1 N–H and O–H groups in total. The van der Waals surface area contributed by atoms with E-state index in [2.05, 4.69) is 5.32 Å². The Kier molecular flexibility index (Phi) is 2.09. The van der Waals surface area contributed by atoms with Gasteiger partial charge in [0.25, 0.3) is 0 Å². The molecule has 1 aromatic rings. The number of anilines is 1. The lowest BCUT2D eigenvalue weighted by Gasteiger charge is -2.11. The highest BCUT2D eigenvalue weighted by Gasteiger charge is 2.45. The first-order valence-corrected chi connectivity index (χ1v) is 5.57. The van der Waals surface area contributed by atoms with E-state index in [1.54, 1.807) is 0 Å². The SMILES string of the molecule is FC(F)(F)c1ccc2c(c1)NCC1(CC1)CO2. The molecule has 0 bridgehead atoms. The predicted molar refractivity (Wildman–Crippen MR) is 57.1 cm³/mol. The molecule has 0 unspecified atom stereocenters. The second kappa shape index (κ2) is 3.31. The summed E-state index contributed by atoms with van der Waals surface area (Å²) in [7, 11) is 0. The molecule has 1 spiro atoms. The van der Waals surface area contributed by atoms with Crippen LogP contribution < -0.4 is 10.1 Å². The molecule has 1 heterocycles. The first-order valence-electron chi connectivity index (χ1n) is 5.57. The third kappa shape index (κ3) is 1.94. The van der Waals surface area contributed by atoms with Crippen LogP contribution >= 0.6 is 0 Å². The van der Waals surface area contributed by atoms with Crippen molar-refractivity contribution in [3.8, 4) is 5.75 Å². The Hall–Kier alpha value is -1.39. The lowest BCUT2D eigenvalue weighted by molar-refractivity contribution is -0.137. The molecule has 0 aromatic heterocycles. The van der Waals surface area contributed by atoms with Crippen molar-refractivity contribution in [2.24, 2.45) is 5.41 Å². The molecule has 5 heteroatoms. The fourth-order valence-corrected chi connectivity index (χ4v) is 2.03. The molecule has 0 atom stereocenters. The van der Waals surface area contributed by atoms with Gasteiger partial charge >= 0.3 is 6.18 Å². The van der Waals surface area contributed by atoms with Gasteiger partial charge < -0.3 is 10.1 Å². The van der Waals surface area contributed by atoms with Crippen LogP contribution in [0.15, 0.2) is 18.2 Å². The number of ether oxygens (including phenoxy) is 1. The molecule has 1 aliphatic carbocycles. The highest BCUT2D eigenvalue weighted by atomic mass is 19.4. The molecule has 1 aromatic carbocycles. The van der Waals surface area contributed by atoms with Gasteiger partial charge in [-0.25, -0.2) is 0 Å². The van der Waals surface area contributed by atoms with E-state index in [4.69, 9.17) is 4.74 Å². The molecule has 0 amide bonds. The van der Waals surface area contributed by atoms with Crippen molar-refractivity contribution >= 4 is 5.69 Å². The standard InChI is InChI=1S/C12H12F3NO/c13-12(14,15)8-1-2-10-9(5-8)16-6-11(3-4-11)7-17-10/h1-2,5,16H,3-4,6-7H2. The third-order valence-corrected chi connectivity index (χ3v) is 3.45.